The maximum absolute atomic E-state index is 12.5. The fourth-order valence-electron chi connectivity index (χ4n) is 8.89. The van der Waals surface area contributed by atoms with Gasteiger partial charge < -0.3 is 10.2 Å². The van der Waals surface area contributed by atoms with Crippen LogP contribution in [-0.2, 0) is 4.79 Å². The molecule has 0 aromatic heterocycles. The van der Waals surface area contributed by atoms with E-state index in [2.05, 4.69) is 27.7 Å². The first-order valence-electron chi connectivity index (χ1n) is 11.0. The summed E-state index contributed by atoms with van der Waals surface area (Å²) in [6.45, 7) is 11.0. The summed E-state index contributed by atoms with van der Waals surface area (Å²) in [5.74, 6) is 3.07. The normalized spacial score (nSPS) is 59.3. The van der Waals surface area contributed by atoms with Crippen LogP contribution in [0.25, 0.3) is 0 Å². The monoisotopic (exact) mass is 362 g/mol. The van der Waals surface area contributed by atoms with Crippen molar-refractivity contribution < 1.29 is 15.0 Å². The van der Waals surface area contributed by atoms with Crippen molar-refractivity contribution in [3.8, 4) is 0 Å². The molecule has 0 spiro atoms. The Bertz CT molecular complexity index is 602. The van der Waals surface area contributed by atoms with Crippen molar-refractivity contribution >= 4 is 5.78 Å². The summed E-state index contributed by atoms with van der Waals surface area (Å²) in [4.78, 5) is 12.5. The lowest BCUT2D eigenvalue weighted by Gasteiger charge is -2.66. The van der Waals surface area contributed by atoms with E-state index in [1.165, 1.54) is 6.42 Å². The summed E-state index contributed by atoms with van der Waals surface area (Å²) in [6.07, 6.45) is 6.43. The first-order chi connectivity index (χ1) is 12.0. The van der Waals surface area contributed by atoms with Crippen LogP contribution in [0, 0.1) is 46.3 Å². The van der Waals surface area contributed by atoms with E-state index in [9.17, 15) is 15.0 Å². The molecule has 0 aromatic carbocycles. The van der Waals surface area contributed by atoms with Gasteiger partial charge in [-0.05, 0) is 85.9 Å². The molecule has 2 N–H and O–H groups in total. The van der Waals surface area contributed by atoms with Crippen molar-refractivity contribution in [1.82, 2.24) is 0 Å². The third kappa shape index (κ3) is 2.22. The Morgan fingerprint density at radius 3 is 2.38 bits per heavy atom. The summed E-state index contributed by atoms with van der Waals surface area (Å²) in [6, 6.07) is 0. The number of ketones is 1. The van der Waals surface area contributed by atoms with E-state index < -0.39 is 5.60 Å². The summed E-state index contributed by atoms with van der Waals surface area (Å²) in [5, 5.41) is 22.0. The molecule has 0 aromatic rings. The maximum atomic E-state index is 12.5. The van der Waals surface area contributed by atoms with Crippen LogP contribution < -0.4 is 0 Å². The number of carbonyl (C=O) groups is 1. The molecular formula is C23H38O3. The zero-order valence-electron chi connectivity index (χ0n) is 17.3. The maximum Gasteiger partial charge on any atom is 0.133 e. The Kier molecular flexibility index (Phi) is 4.22. The average Bonchev–Trinajstić information content (AvgIpc) is 2.81. The second kappa shape index (κ2) is 5.80. The number of fused-ring (bicyclic) bond motifs is 5. The van der Waals surface area contributed by atoms with Gasteiger partial charge in [-0.1, -0.05) is 27.7 Å². The summed E-state index contributed by atoms with van der Waals surface area (Å²) >= 11 is 0. The molecule has 4 rings (SSSR count). The second-order valence-corrected chi connectivity index (χ2v) is 11.1. The number of hydrogen-bond acceptors (Lipinski definition) is 3. The van der Waals surface area contributed by atoms with Gasteiger partial charge in [0.25, 0.3) is 0 Å². The van der Waals surface area contributed by atoms with Gasteiger partial charge in [0.15, 0.2) is 0 Å². The Balaban J connectivity index is 1.71. The van der Waals surface area contributed by atoms with E-state index in [4.69, 9.17) is 0 Å². The topological polar surface area (TPSA) is 57.5 Å². The zero-order valence-corrected chi connectivity index (χ0v) is 17.3. The smallest absolute Gasteiger partial charge is 0.133 e. The molecule has 3 heteroatoms. The largest absolute Gasteiger partial charge is 0.393 e. The number of aliphatic hydroxyl groups excluding tert-OH is 1. The molecule has 148 valence electrons. The van der Waals surface area contributed by atoms with Crippen LogP contribution in [0.1, 0.15) is 79.6 Å². The van der Waals surface area contributed by atoms with Gasteiger partial charge in [-0.15, -0.1) is 0 Å². The van der Waals surface area contributed by atoms with Gasteiger partial charge in [0.2, 0.25) is 0 Å². The third-order valence-electron chi connectivity index (χ3n) is 10.0. The Morgan fingerprint density at radius 2 is 1.73 bits per heavy atom. The number of hydrogen-bond donors (Lipinski definition) is 2. The highest BCUT2D eigenvalue weighted by Crippen LogP contribution is 2.70. The fraction of sp³-hybridized carbons (Fsp3) is 0.957. The molecular weight excluding hydrogens is 324 g/mol. The van der Waals surface area contributed by atoms with Crippen LogP contribution in [0.2, 0.25) is 0 Å². The van der Waals surface area contributed by atoms with Gasteiger partial charge in [-0.2, -0.15) is 0 Å². The van der Waals surface area contributed by atoms with E-state index >= 15 is 0 Å². The molecule has 3 nitrogen and oxygen atoms in total. The number of carbonyl (C=O) groups excluding carboxylic acids is 1. The number of rotatable bonds is 1. The van der Waals surface area contributed by atoms with Gasteiger partial charge >= 0.3 is 0 Å². The van der Waals surface area contributed by atoms with Crippen LogP contribution in [0.5, 0.6) is 0 Å². The SMILES string of the molecule is CC(=O)[C@H]1C(C)C[C@H]2[C@@H]3CC(C)C4(O)CC(O)CC[C@]4(C)[C@H]3CC[C@]12C. The third-order valence-corrected chi connectivity index (χ3v) is 10.0. The van der Waals surface area contributed by atoms with Crippen molar-refractivity contribution in [2.45, 2.75) is 91.3 Å². The summed E-state index contributed by atoms with van der Waals surface area (Å²) in [7, 11) is 0. The van der Waals surface area contributed by atoms with Gasteiger partial charge in [0.05, 0.1) is 11.7 Å². The molecule has 0 saturated heterocycles. The van der Waals surface area contributed by atoms with Crippen molar-refractivity contribution in [2.24, 2.45) is 46.3 Å². The minimum Gasteiger partial charge on any atom is -0.393 e. The minimum absolute atomic E-state index is 0.0898. The van der Waals surface area contributed by atoms with Crippen LogP contribution in [0.4, 0.5) is 0 Å². The first kappa shape index (κ1) is 18.9. The standard InChI is InChI=1S/C23H38O3/c1-13-10-19-17-11-14(2)23(26)12-16(25)6-9-22(23,5)18(17)7-8-21(19,4)20(13)15(3)24/h13-14,16-20,25-26H,6-12H2,1-5H3/t13?,14?,16?,17-,18+,19+,20-,21+,22-,23?/m1/s1. The predicted molar refractivity (Wildman–Crippen MR) is 102 cm³/mol. The molecule has 0 radical (unpaired) electrons. The first-order valence-corrected chi connectivity index (χ1v) is 11.0. The quantitative estimate of drug-likeness (QED) is 0.735. The molecule has 4 aliphatic carbocycles. The van der Waals surface area contributed by atoms with E-state index in [0.29, 0.717) is 35.9 Å². The van der Waals surface area contributed by atoms with Crippen molar-refractivity contribution in [2.75, 3.05) is 0 Å². The predicted octanol–water partition coefficient (Wildman–Crippen LogP) is 4.20. The van der Waals surface area contributed by atoms with Crippen LogP contribution in [0.15, 0.2) is 0 Å². The van der Waals surface area contributed by atoms with E-state index in [0.717, 1.165) is 32.1 Å². The Labute approximate surface area is 158 Å². The lowest BCUT2D eigenvalue weighted by atomic mass is 9.41. The molecule has 0 heterocycles. The highest BCUT2D eigenvalue weighted by atomic mass is 16.3. The van der Waals surface area contributed by atoms with Crippen LogP contribution >= 0.6 is 0 Å². The van der Waals surface area contributed by atoms with Crippen molar-refractivity contribution in [1.29, 1.82) is 0 Å². The molecule has 4 aliphatic rings. The second-order valence-electron chi connectivity index (χ2n) is 11.1. The molecule has 10 atom stereocenters. The Hall–Kier alpha value is -0.410. The van der Waals surface area contributed by atoms with Crippen molar-refractivity contribution in [3.63, 3.8) is 0 Å². The molecule has 26 heavy (non-hydrogen) atoms. The minimum atomic E-state index is -0.732. The van der Waals surface area contributed by atoms with Crippen LogP contribution in [-0.4, -0.2) is 27.7 Å². The molecule has 0 aliphatic heterocycles. The van der Waals surface area contributed by atoms with Gasteiger partial charge in [0, 0.05) is 12.3 Å². The van der Waals surface area contributed by atoms with E-state index in [1.807, 2.05) is 0 Å². The van der Waals surface area contributed by atoms with Gasteiger partial charge in [-0.25, -0.2) is 0 Å². The molecule has 0 bridgehead atoms. The lowest BCUT2D eigenvalue weighted by molar-refractivity contribution is -0.243. The van der Waals surface area contributed by atoms with E-state index in [1.54, 1.807) is 6.92 Å². The van der Waals surface area contributed by atoms with E-state index in [-0.39, 0.29) is 28.8 Å². The summed E-state index contributed by atoms with van der Waals surface area (Å²) in [5.41, 5.74) is -0.677. The zero-order chi connectivity index (χ0) is 19.1. The number of Topliss-reactive ketones (excluding diaryl/α,β-unsaturated/α-hetero) is 1. The Morgan fingerprint density at radius 1 is 1.04 bits per heavy atom. The number of aliphatic hydroxyl groups is 2. The molecule has 0 amide bonds. The van der Waals surface area contributed by atoms with Crippen molar-refractivity contribution in [3.05, 3.63) is 0 Å². The molecule has 4 fully saturated rings. The van der Waals surface area contributed by atoms with Crippen LogP contribution in [0.3, 0.4) is 0 Å². The fourth-order valence-corrected chi connectivity index (χ4v) is 8.89. The summed E-state index contributed by atoms with van der Waals surface area (Å²) < 4.78 is 0. The van der Waals surface area contributed by atoms with Gasteiger partial charge in [0.1, 0.15) is 5.78 Å². The molecule has 4 unspecified atom stereocenters. The molecule has 4 saturated carbocycles. The lowest BCUT2D eigenvalue weighted by Crippen LogP contribution is -2.66. The highest BCUT2D eigenvalue weighted by molar-refractivity contribution is 5.80. The average molecular weight is 363 g/mol. The highest BCUT2D eigenvalue weighted by Gasteiger charge is 2.67. The van der Waals surface area contributed by atoms with Gasteiger partial charge in [-0.3, -0.25) is 4.79 Å².